The second-order valence-corrected chi connectivity index (χ2v) is 5.43. The van der Waals surface area contributed by atoms with Crippen LogP contribution in [0.4, 0.5) is 5.00 Å². The maximum absolute atomic E-state index is 11.9. The van der Waals surface area contributed by atoms with E-state index in [1.807, 2.05) is 37.3 Å². The summed E-state index contributed by atoms with van der Waals surface area (Å²) < 4.78 is 0. The molecule has 2 rings (SSSR count). The fourth-order valence-electron chi connectivity index (χ4n) is 1.74. The molecule has 0 atom stereocenters. The molecule has 1 aromatic heterocycles. The molecule has 2 amide bonds. The van der Waals surface area contributed by atoms with Crippen molar-refractivity contribution in [1.82, 2.24) is 0 Å². The Morgan fingerprint density at radius 3 is 2.58 bits per heavy atom. The van der Waals surface area contributed by atoms with Crippen molar-refractivity contribution in [3.8, 4) is 0 Å². The maximum Gasteiger partial charge on any atom is 0.251 e. The van der Waals surface area contributed by atoms with Crippen LogP contribution in [0.15, 0.2) is 36.4 Å². The number of carbonyl (C=O) groups is 2. The second kappa shape index (κ2) is 5.67. The SMILES string of the molecule is Cc1cc(C(N)=O)c(NC(=O)Cc2ccccc2)s1. The number of hydrogen-bond acceptors (Lipinski definition) is 3. The van der Waals surface area contributed by atoms with Gasteiger partial charge in [0.1, 0.15) is 5.00 Å². The van der Waals surface area contributed by atoms with Gasteiger partial charge in [-0.1, -0.05) is 30.3 Å². The molecule has 4 nitrogen and oxygen atoms in total. The Hall–Kier alpha value is -2.14. The average molecular weight is 274 g/mol. The van der Waals surface area contributed by atoms with E-state index in [0.717, 1.165) is 10.4 Å². The number of primary amides is 1. The highest BCUT2D eigenvalue weighted by atomic mass is 32.1. The Bertz CT molecular complexity index is 605. The van der Waals surface area contributed by atoms with E-state index >= 15 is 0 Å². The number of nitrogens with one attached hydrogen (secondary N) is 1. The summed E-state index contributed by atoms with van der Waals surface area (Å²) in [7, 11) is 0. The highest BCUT2D eigenvalue weighted by molar-refractivity contribution is 7.16. The third-order valence-electron chi connectivity index (χ3n) is 2.58. The van der Waals surface area contributed by atoms with Crippen LogP contribution in [-0.4, -0.2) is 11.8 Å². The van der Waals surface area contributed by atoms with Gasteiger partial charge in [0.15, 0.2) is 0 Å². The number of amides is 2. The van der Waals surface area contributed by atoms with Crippen LogP contribution in [0.3, 0.4) is 0 Å². The minimum absolute atomic E-state index is 0.157. The molecule has 0 bridgehead atoms. The van der Waals surface area contributed by atoms with Gasteiger partial charge in [0.25, 0.3) is 5.91 Å². The van der Waals surface area contributed by atoms with E-state index in [1.165, 1.54) is 11.3 Å². The summed E-state index contributed by atoms with van der Waals surface area (Å²) in [6, 6.07) is 11.1. The average Bonchev–Trinajstić information content (AvgIpc) is 2.71. The lowest BCUT2D eigenvalue weighted by Gasteiger charge is -2.04. The van der Waals surface area contributed by atoms with Crippen LogP contribution in [0.2, 0.25) is 0 Å². The number of thiophene rings is 1. The Balaban J connectivity index is 2.09. The maximum atomic E-state index is 11.9. The second-order valence-electron chi connectivity index (χ2n) is 4.17. The molecule has 0 aliphatic heterocycles. The van der Waals surface area contributed by atoms with Crippen molar-refractivity contribution in [1.29, 1.82) is 0 Å². The zero-order chi connectivity index (χ0) is 13.8. The standard InChI is InChI=1S/C14H14N2O2S/c1-9-7-11(13(15)18)14(19-9)16-12(17)8-10-5-3-2-4-6-10/h2-7H,8H2,1H3,(H2,15,18)(H,16,17). The number of nitrogens with two attached hydrogens (primary N) is 1. The number of hydrogen-bond donors (Lipinski definition) is 2. The van der Waals surface area contributed by atoms with Crippen molar-refractivity contribution >= 4 is 28.2 Å². The molecule has 2 aromatic rings. The van der Waals surface area contributed by atoms with Crippen LogP contribution >= 0.6 is 11.3 Å². The molecule has 1 heterocycles. The molecule has 0 fully saturated rings. The first-order valence-corrected chi connectivity index (χ1v) is 6.62. The van der Waals surface area contributed by atoms with Crippen molar-refractivity contribution in [2.45, 2.75) is 13.3 Å². The molecular formula is C14H14N2O2S. The summed E-state index contributed by atoms with van der Waals surface area (Å²) in [5.41, 5.74) is 6.56. The molecule has 0 saturated heterocycles. The van der Waals surface area contributed by atoms with E-state index in [-0.39, 0.29) is 12.3 Å². The van der Waals surface area contributed by atoms with Gasteiger partial charge in [-0.3, -0.25) is 9.59 Å². The van der Waals surface area contributed by atoms with Gasteiger partial charge in [0, 0.05) is 4.88 Å². The van der Waals surface area contributed by atoms with E-state index in [9.17, 15) is 9.59 Å². The van der Waals surface area contributed by atoms with Crippen LogP contribution < -0.4 is 11.1 Å². The van der Waals surface area contributed by atoms with Gasteiger partial charge in [0.05, 0.1) is 12.0 Å². The summed E-state index contributed by atoms with van der Waals surface area (Å²) in [4.78, 5) is 24.1. The van der Waals surface area contributed by atoms with Crippen molar-refractivity contribution in [2.24, 2.45) is 5.73 Å². The Morgan fingerprint density at radius 1 is 1.26 bits per heavy atom. The van der Waals surface area contributed by atoms with Crippen LogP contribution in [0.5, 0.6) is 0 Å². The normalized spacial score (nSPS) is 10.2. The van der Waals surface area contributed by atoms with Crippen LogP contribution in [0.1, 0.15) is 20.8 Å². The predicted octanol–water partition coefficient (Wildman–Crippen LogP) is 2.34. The van der Waals surface area contributed by atoms with Crippen LogP contribution in [0.25, 0.3) is 0 Å². The third kappa shape index (κ3) is 3.42. The molecule has 0 radical (unpaired) electrons. The number of anilines is 1. The van der Waals surface area contributed by atoms with E-state index in [1.54, 1.807) is 6.07 Å². The Kier molecular flexibility index (Phi) is 3.97. The molecule has 98 valence electrons. The van der Waals surface area contributed by atoms with Gasteiger partial charge >= 0.3 is 0 Å². The molecule has 19 heavy (non-hydrogen) atoms. The van der Waals surface area contributed by atoms with Gasteiger partial charge in [-0.15, -0.1) is 11.3 Å². The van der Waals surface area contributed by atoms with Gasteiger partial charge in [-0.05, 0) is 18.6 Å². The van der Waals surface area contributed by atoms with Gasteiger partial charge in [0.2, 0.25) is 5.91 Å². The quantitative estimate of drug-likeness (QED) is 0.898. The number of rotatable bonds is 4. The van der Waals surface area contributed by atoms with E-state index in [4.69, 9.17) is 5.73 Å². The fraction of sp³-hybridized carbons (Fsp3) is 0.143. The smallest absolute Gasteiger partial charge is 0.251 e. The van der Waals surface area contributed by atoms with E-state index in [2.05, 4.69) is 5.32 Å². The zero-order valence-electron chi connectivity index (χ0n) is 10.5. The molecule has 1 aromatic carbocycles. The number of aryl methyl sites for hydroxylation is 1. The summed E-state index contributed by atoms with van der Waals surface area (Å²) in [6.45, 7) is 1.87. The summed E-state index contributed by atoms with van der Waals surface area (Å²) in [6.07, 6.45) is 0.274. The lowest BCUT2D eigenvalue weighted by molar-refractivity contribution is -0.115. The van der Waals surface area contributed by atoms with Gasteiger partial charge in [-0.2, -0.15) is 0 Å². The van der Waals surface area contributed by atoms with Gasteiger partial charge in [-0.25, -0.2) is 0 Å². The highest BCUT2D eigenvalue weighted by Crippen LogP contribution is 2.27. The third-order valence-corrected chi connectivity index (χ3v) is 3.55. The Labute approximate surface area is 115 Å². The molecule has 0 aliphatic rings. The van der Waals surface area contributed by atoms with Crippen molar-refractivity contribution in [3.05, 3.63) is 52.4 Å². The molecule has 0 unspecified atom stereocenters. The highest BCUT2D eigenvalue weighted by Gasteiger charge is 2.14. The summed E-state index contributed by atoms with van der Waals surface area (Å²) >= 11 is 1.35. The van der Waals surface area contributed by atoms with Crippen molar-refractivity contribution < 1.29 is 9.59 Å². The molecular weight excluding hydrogens is 260 g/mol. The van der Waals surface area contributed by atoms with Gasteiger partial charge < -0.3 is 11.1 Å². The van der Waals surface area contributed by atoms with Crippen LogP contribution in [0, 0.1) is 6.92 Å². The molecule has 0 saturated carbocycles. The summed E-state index contributed by atoms with van der Waals surface area (Å²) in [5.74, 6) is -0.685. The lowest BCUT2D eigenvalue weighted by atomic mass is 10.1. The first kappa shape index (κ1) is 13.3. The minimum atomic E-state index is -0.528. The molecule has 0 spiro atoms. The van der Waals surface area contributed by atoms with E-state index < -0.39 is 5.91 Å². The lowest BCUT2D eigenvalue weighted by Crippen LogP contribution is -2.17. The van der Waals surface area contributed by atoms with Crippen molar-refractivity contribution in [2.75, 3.05) is 5.32 Å². The Morgan fingerprint density at radius 2 is 1.95 bits per heavy atom. The predicted molar refractivity (Wildman–Crippen MR) is 76.3 cm³/mol. The van der Waals surface area contributed by atoms with Crippen molar-refractivity contribution in [3.63, 3.8) is 0 Å². The molecule has 0 aliphatic carbocycles. The largest absolute Gasteiger partial charge is 0.366 e. The van der Waals surface area contributed by atoms with E-state index in [0.29, 0.717) is 10.6 Å². The number of carbonyl (C=O) groups excluding carboxylic acids is 2. The molecule has 3 N–H and O–H groups in total. The topological polar surface area (TPSA) is 72.2 Å². The first-order chi connectivity index (χ1) is 9.06. The number of benzene rings is 1. The van der Waals surface area contributed by atoms with Crippen LogP contribution in [-0.2, 0) is 11.2 Å². The first-order valence-electron chi connectivity index (χ1n) is 5.80. The monoisotopic (exact) mass is 274 g/mol. The fourth-order valence-corrected chi connectivity index (χ4v) is 2.68. The molecule has 5 heteroatoms. The minimum Gasteiger partial charge on any atom is -0.366 e. The summed E-state index contributed by atoms with van der Waals surface area (Å²) in [5, 5.41) is 3.26. The zero-order valence-corrected chi connectivity index (χ0v) is 11.3.